The van der Waals surface area contributed by atoms with Crippen LogP contribution in [0.1, 0.15) is 127 Å². The molecule has 1 aliphatic rings. The maximum Gasteiger partial charge on any atom is 0.315 e. The van der Waals surface area contributed by atoms with E-state index in [9.17, 15) is 15.0 Å². The first-order chi connectivity index (χ1) is 30.0. The molecule has 2 unspecified atom stereocenters. The van der Waals surface area contributed by atoms with Gasteiger partial charge in [0.25, 0.3) is 5.95 Å². The van der Waals surface area contributed by atoms with Crippen LogP contribution in [0.3, 0.4) is 0 Å². The Morgan fingerprint density at radius 1 is 0.723 bits per heavy atom. The standard InChI is InChI=1S/C18H21NO.C15H21ClO3.C10H12BrClO.C8H18O2Si.2CH4/c1-3-7-15(8-4-1)18(16-9-5-2-6-10-16)20-17-11-13-19-14-12-17;1-15(2,14(18)19-3)12-8-6-11(7-9-12)13(17)5-4-10-16;11-9-5-3-8(4-6-9)10(13)2-1-7-12;1-7(2)8(9-3)10-11(4,5)6;;/h1-10,17-19H,11-14H2;6-9,13,17H,4-5,10H2,1-3H3;3-6,10,13H,1-2,7H2;1-6H3;2*1H4. The number of benzene rings is 4. The Morgan fingerprint density at radius 3 is 1.51 bits per heavy atom. The molecule has 4 aromatic carbocycles. The molecule has 8 nitrogen and oxygen atoms in total. The van der Waals surface area contributed by atoms with Crippen LogP contribution in [-0.4, -0.2) is 69.7 Å². The predicted octanol–water partition coefficient (Wildman–Crippen LogP) is 14.2. The third-order valence-electron chi connectivity index (χ3n) is 10.0. The van der Waals surface area contributed by atoms with Crippen LogP contribution in [0.25, 0.3) is 0 Å². The fourth-order valence-electron chi connectivity index (χ4n) is 6.41. The number of hydrogen-bond donors (Lipinski definition) is 3. The number of halogens is 3. The molecular formula is C53H80BrCl2NO7Si. The van der Waals surface area contributed by atoms with Crippen LogP contribution in [0.4, 0.5) is 0 Å². The molecule has 1 aliphatic heterocycles. The van der Waals surface area contributed by atoms with Crippen molar-refractivity contribution >= 4 is 53.4 Å². The van der Waals surface area contributed by atoms with Gasteiger partial charge in [0.05, 0.1) is 37.9 Å². The van der Waals surface area contributed by atoms with E-state index in [1.165, 1.54) is 18.2 Å². The summed E-state index contributed by atoms with van der Waals surface area (Å²) in [6, 6.07) is 36.1. The number of rotatable bonds is 17. The van der Waals surface area contributed by atoms with Crippen LogP contribution < -0.4 is 5.32 Å². The molecule has 2 atom stereocenters. The van der Waals surface area contributed by atoms with Crippen molar-refractivity contribution in [2.24, 2.45) is 0 Å². The van der Waals surface area contributed by atoms with Crippen molar-refractivity contribution < 1.29 is 33.6 Å². The molecule has 1 heterocycles. The molecule has 3 N–H and O–H groups in total. The molecule has 0 aliphatic carbocycles. The van der Waals surface area contributed by atoms with Crippen molar-refractivity contribution in [2.45, 2.75) is 131 Å². The smallest absolute Gasteiger partial charge is 0.315 e. The summed E-state index contributed by atoms with van der Waals surface area (Å²) in [5.74, 6) is 1.56. The van der Waals surface area contributed by atoms with Crippen molar-refractivity contribution in [3.63, 3.8) is 0 Å². The zero-order valence-electron chi connectivity index (χ0n) is 38.8. The van der Waals surface area contributed by atoms with Crippen LogP contribution in [0.5, 0.6) is 0 Å². The lowest BCUT2D eigenvalue weighted by molar-refractivity contribution is -0.146. The molecule has 0 spiro atoms. The van der Waals surface area contributed by atoms with Gasteiger partial charge in [-0.1, -0.05) is 128 Å². The molecule has 0 saturated carbocycles. The van der Waals surface area contributed by atoms with Crippen molar-refractivity contribution in [1.82, 2.24) is 5.32 Å². The number of allylic oxidation sites excluding steroid dienone is 1. The summed E-state index contributed by atoms with van der Waals surface area (Å²) in [6.45, 7) is 16.1. The highest BCUT2D eigenvalue weighted by Crippen LogP contribution is 2.30. The molecule has 1 fully saturated rings. The lowest BCUT2D eigenvalue weighted by atomic mass is 9.84. The Balaban J connectivity index is 0.000000856. The van der Waals surface area contributed by atoms with Crippen LogP contribution in [-0.2, 0) is 28.8 Å². The van der Waals surface area contributed by atoms with Crippen LogP contribution in [0.2, 0.25) is 19.6 Å². The maximum absolute atomic E-state index is 11.7. The molecule has 364 valence electrons. The number of hydrogen-bond acceptors (Lipinski definition) is 8. The number of piperidine rings is 1. The van der Waals surface area contributed by atoms with E-state index in [4.69, 9.17) is 41.8 Å². The Bertz CT molecular complexity index is 1810. The molecule has 0 amide bonds. The summed E-state index contributed by atoms with van der Waals surface area (Å²) in [5.41, 5.74) is 5.54. The number of carbonyl (C=O) groups excluding carboxylic acids is 1. The van der Waals surface area contributed by atoms with Gasteiger partial charge in [-0.05, 0) is 139 Å². The number of aliphatic hydroxyl groups excluding tert-OH is 2. The minimum Gasteiger partial charge on any atom is -0.520 e. The van der Waals surface area contributed by atoms with Gasteiger partial charge in [0.1, 0.15) is 6.10 Å². The first-order valence-corrected chi connectivity index (χ1v) is 27.0. The molecular weight excluding hydrogens is 941 g/mol. The number of esters is 1. The Labute approximate surface area is 412 Å². The SMILES string of the molecule is C.C.COC(=O)C(C)(C)c1ccc(C(O)CCCCl)cc1.COC(O[Si](C)(C)C)=C(C)C.OC(CCCCl)c1ccc(Br)cc1.c1ccc(C(OC2CCNCC2)c2ccccc2)cc1. The maximum atomic E-state index is 11.7. The zero-order valence-corrected chi connectivity index (χ0v) is 42.9. The summed E-state index contributed by atoms with van der Waals surface area (Å²) in [4.78, 5) is 11.7. The first kappa shape index (κ1) is 61.8. The molecule has 1 saturated heterocycles. The lowest BCUT2D eigenvalue weighted by Crippen LogP contribution is -2.33. The number of aliphatic hydroxyl groups is 2. The van der Waals surface area contributed by atoms with Crippen molar-refractivity contribution in [1.29, 1.82) is 0 Å². The zero-order chi connectivity index (χ0) is 46.8. The lowest BCUT2D eigenvalue weighted by Gasteiger charge is -2.28. The molecule has 0 radical (unpaired) electrons. The second-order valence-corrected chi connectivity index (χ2v) is 23.1. The van der Waals surface area contributed by atoms with Gasteiger partial charge in [0, 0.05) is 21.8 Å². The van der Waals surface area contributed by atoms with Gasteiger partial charge in [0.15, 0.2) is 0 Å². The van der Waals surface area contributed by atoms with E-state index in [-0.39, 0.29) is 33.0 Å². The summed E-state index contributed by atoms with van der Waals surface area (Å²) >= 11 is 14.5. The summed E-state index contributed by atoms with van der Waals surface area (Å²) in [5, 5.41) is 23.0. The van der Waals surface area contributed by atoms with Gasteiger partial charge in [-0.25, -0.2) is 0 Å². The molecule has 0 bridgehead atoms. The summed E-state index contributed by atoms with van der Waals surface area (Å²) in [7, 11) is 1.54. The van der Waals surface area contributed by atoms with Gasteiger partial charge in [-0.2, -0.15) is 0 Å². The van der Waals surface area contributed by atoms with Crippen molar-refractivity contribution in [3.05, 3.63) is 153 Å². The van der Waals surface area contributed by atoms with Gasteiger partial charge in [0.2, 0.25) is 8.32 Å². The monoisotopic (exact) mass is 1020 g/mol. The van der Waals surface area contributed by atoms with Gasteiger partial charge < -0.3 is 34.2 Å². The number of carbonyl (C=O) groups is 1. The molecule has 12 heteroatoms. The highest BCUT2D eigenvalue weighted by Gasteiger charge is 2.31. The minimum absolute atomic E-state index is 0. The van der Waals surface area contributed by atoms with Gasteiger partial charge >= 0.3 is 5.97 Å². The quantitative estimate of drug-likeness (QED) is 0.0416. The molecule has 0 aromatic heterocycles. The van der Waals surface area contributed by atoms with E-state index in [2.05, 4.69) is 102 Å². The Hall–Kier alpha value is -3.19. The van der Waals surface area contributed by atoms with E-state index in [0.29, 0.717) is 30.2 Å². The largest absolute Gasteiger partial charge is 0.520 e. The van der Waals surface area contributed by atoms with Gasteiger partial charge in [-0.3, -0.25) is 4.79 Å². The highest BCUT2D eigenvalue weighted by atomic mass is 79.9. The topological polar surface area (TPSA) is 106 Å². The van der Waals surface area contributed by atoms with Crippen LogP contribution in [0, 0.1) is 0 Å². The summed E-state index contributed by atoms with van der Waals surface area (Å²) in [6.07, 6.45) is 4.68. The van der Waals surface area contributed by atoms with Crippen molar-refractivity contribution in [3.8, 4) is 0 Å². The van der Waals surface area contributed by atoms with E-state index in [1.807, 2.05) is 76.2 Å². The van der Waals surface area contributed by atoms with E-state index in [1.54, 1.807) is 7.11 Å². The Morgan fingerprint density at radius 2 is 1.15 bits per heavy atom. The van der Waals surface area contributed by atoms with Gasteiger partial charge in [-0.15, -0.1) is 23.2 Å². The number of nitrogens with one attached hydrogen (secondary N) is 1. The number of alkyl halides is 2. The normalized spacial score (nSPS) is 13.3. The second kappa shape index (κ2) is 33.3. The van der Waals surface area contributed by atoms with Crippen molar-refractivity contribution in [2.75, 3.05) is 39.1 Å². The number of methoxy groups -OCH3 is 2. The van der Waals surface area contributed by atoms with E-state index >= 15 is 0 Å². The minimum atomic E-state index is -1.49. The highest BCUT2D eigenvalue weighted by molar-refractivity contribution is 9.10. The molecule has 4 aromatic rings. The average Bonchev–Trinajstić information content (AvgIpc) is 3.29. The first-order valence-electron chi connectivity index (χ1n) is 21.8. The van der Waals surface area contributed by atoms with Crippen LogP contribution >= 0.6 is 39.1 Å². The third-order valence-corrected chi connectivity index (χ3v) is 11.9. The summed E-state index contributed by atoms with van der Waals surface area (Å²) < 4.78 is 23.0. The Kier molecular flexibility index (Phi) is 31.7. The number of ether oxygens (including phenoxy) is 3. The van der Waals surface area contributed by atoms with Crippen LogP contribution in [0.15, 0.2) is 125 Å². The predicted molar refractivity (Wildman–Crippen MR) is 280 cm³/mol. The third kappa shape index (κ3) is 23.9. The fraction of sp³-hybridized carbons (Fsp3) is 0.491. The van der Waals surface area contributed by atoms with E-state index < -0.39 is 19.8 Å². The molecule has 65 heavy (non-hydrogen) atoms. The average molecular weight is 1020 g/mol. The second-order valence-electron chi connectivity index (χ2n) is 17.0. The fourth-order valence-corrected chi connectivity index (χ4v) is 7.83. The van der Waals surface area contributed by atoms with E-state index in [0.717, 1.165) is 71.9 Å². The molecule has 5 rings (SSSR count).